The van der Waals surface area contributed by atoms with Crippen molar-refractivity contribution in [2.75, 3.05) is 13.2 Å². The lowest BCUT2D eigenvalue weighted by Gasteiger charge is -2.07. The van der Waals surface area contributed by atoms with Gasteiger partial charge >= 0.3 is 0 Å². The van der Waals surface area contributed by atoms with E-state index in [0.29, 0.717) is 13.0 Å². The third-order valence-electron chi connectivity index (χ3n) is 3.37. The molecule has 0 saturated heterocycles. The number of hydrogen-bond donors (Lipinski definition) is 1. The van der Waals surface area contributed by atoms with Crippen LogP contribution in [0.25, 0.3) is 0 Å². The van der Waals surface area contributed by atoms with Gasteiger partial charge in [0.1, 0.15) is 5.75 Å². The van der Waals surface area contributed by atoms with Gasteiger partial charge in [0.15, 0.2) is 0 Å². The first-order valence-electron chi connectivity index (χ1n) is 7.83. The fraction of sp³-hybridized carbons (Fsp3) is 0.316. The Morgan fingerprint density at radius 2 is 1.59 bits per heavy atom. The largest absolute Gasteiger partial charge is 0.494 e. The Balaban J connectivity index is 1.49. The van der Waals surface area contributed by atoms with E-state index in [2.05, 4.69) is 17.4 Å². The van der Waals surface area contributed by atoms with E-state index in [1.54, 1.807) is 0 Å². The van der Waals surface area contributed by atoms with Crippen molar-refractivity contribution in [3.63, 3.8) is 0 Å². The highest BCUT2D eigenvalue weighted by molar-refractivity contribution is 5.75. The zero-order chi connectivity index (χ0) is 15.5. The van der Waals surface area contributed by atoms with Crippen LogP contribution in [0.15, 0.2) is 60.7 Å². The number of benzene rings is 2. The topological polar surface area (TPSA) is 38.3 Å². The Bertz CT molecular complexity index is 490. The van der Waals surface area contributed by atoms with Crippen LogP contribution in [0.2, 0.25) is 0 Å². The maximum absolute atomic E-state index is 11.7. The molecule has 2 aromatic rings. The average Bonchev–Trinajstić information content (AvgIpc) is 2.57. The molecule has 2 aromatic carbocycles. The van der Waals surface area contributed by atoms with Crippen molar-refractivity contribution in [3.8, 4) is 5.75 Å². The predicted molar refractivity (Wildman–Crippen MR) is 88.9 cm³/mol. The van der Waals surface area contributed by atoms with Crippen LogP contribution in [-0.2, 0) is 11.2 Å². The van der Waals surface area contributed by atoms with Crippen LogP contribution in [0, 0.1) is 0 Å². The van der Waals surface area contributed by atoms with E-state index in [9.17, 15) is 4.79 Å². The second kappa shape index (κ2) is 9.61. The molecule has 3 heteroatoms. The van der Waals surface area contributed by atoms with Crippen LogP contribution >= 0.6 is 0 Å². The number of hydrogen-bond acceptors (Lipinski definition) is 2. The molecule has 0 bridgehead atoms. The summed E-state index contributed by atoms with van der Waals surface area (Å²) in [7, 11) is 0. The molecule has 0 aliphatic heterocycles. The van der Waals surface area contributed by atoms with E-state index in [1.807, 2.05) is 48.5 Å². The number of nitrogens with one attached hydrogen (secondary N) is 1. The van der Waals surface area contributed by atoms with Gasteiger partial charge in [0.05, 0.1) is 6.61 Å². The number of para-hydroxylation sites is 1. The molecular weight excluding hydrogens is 274 g/mol. The Morgan fingerprint density at radius 1 is 0.909 bits per heavy atom. The fourth-order valence-electron chi connectivity index (χ4n) is 2.19. The zero-order valence-corrected chi connectivity index (χ0v) is 12.8. The lowest BCUT2D eigenvalue weighted by Crippen LogP contribution is -2.24. The Kier molecular flexibility index (Phi) is 7.03. The van der Waals surface area contributed by atoms with Crippen molar-refractivity contribution in [2.24, 2.45) is 0 Å². The van der Waals surface area contributed by atoms with Crippen molar-refractivity contribution >= 4 is 5.91 Å². The van der Waals surface area contributed by atoms with Crippen LogP contribution in [0.3, 0.4) is 0 Å². The summed E-state index contributed by atoms with van der Waals surface area (Å²) < 4.78 is 5.56. The Labute approximate surface area is 132 Å². The molecule has 0 aromatic heterocycles. The molecule has 0 radical (unpaired) electrons. The minimum Gasteiger partial charge on any atom is -0.494 e. The summed E-state index contributed by atoms with van der Waals surface area (Å²) in [6.07, 6.45) is 3.21. The molecule has 0 heterocycles. The van der Waals surface area contributed by atoms with Gasteiger partial charge in [-0.05, 0) is 37.0 Å². The van der Waals surface area contributed by atoms with Gasteiger partial charge < -0.3 is 10.1 Å². The van der Waals surface area contributed by atoms with Gasteiger partial charge in [-0.25, -0.2) is 0 Å². The highest BCUT2D eigenvalue weighted by atomic mass is 16.5. The second-order valence-electron chi connectivity index (χ2n) is 5.20. The molecule has 0 unspecified atom stereocenters. The average molecular weight is 297 g/mol. The summed E-state index contributed by atoms with van der Waals surface area (Å²) in [5.41, 5.74) is 1.31. The van der Waals surface area contributed by atoms with Crippen molar-refractivity contribution in [2.45, 2.75) is 25.7 Å². The van der Waals surface area contributed by atoms with Gasteiger partial charge in [0, 0.05) is 13.0 Å². The summed E-state index contributed by atoms with van der Waals surface area (Å²) in [4.78, 5) is 11.7. The number of carbonyl (C=O) groups is 1. The zero-order valence-electron chi connectivity index (χ0n) is 12.8. The molecule has 0 atom stereocenters. The first-order chi connectivity index (χ1) is 10.8. The van der Waals surface area contributed by atoms with E-state index in [1.165, 1.54) is 5.56 Å². The van der Waals surface area contributed by atoms with Crippen LogP contribution < -0.4 is 10.1 Å². The predicted octanol–water partition coefficient (Wildman–Crippen LogP) is 3.59. The number of carbonyl (C=O) groups excluding carboxylic acids is 1. The van der Waals surface area contributed by atoms with E-state index < -0.39 is 0 Å². The van der Waals surface area contributed by atoms with Gasteiger partial charge in [-0.1, -0.05) is 48.5 Å². The molecule has 1 amide bonds. The number of aryl methyl sites for hydroxylation is 1. The van der Waals surface area contributed by atoms with Crippen molar-refractivity contribution in [1.82, 2.24) is 5.32 Å². The van der Waals surface area contributed by atoms with Gasteiger partial charge in [-0.3, -0.25) is 4.79 Å². The number of rotatable bonds is 9. The van der Waals surface area contributed by atoms with Gasteiger partial charge in [-0.2, -0.15) is 0 Å². The standard InChI is InChI=1S/C19H23NO2/c21-19(14-8-16-22-18-12-5-2-6-13-18)20-15-7-11-17-9-3-1-4-10-17/h1-6,9-10,12-13H,7-8,11,14-16H2,(H,20,21). The van der Waals surface area contributed by atoms with E-state index in [0.717, 1.165) is 31.6 Å². The molecule has 0 fully saturated rings. The van der Waals surface area contributed by atoms with Crippen LogP contribution in [0.5, 0.6) is 5.75 Å². The lowest BCUT2D eigenvalue weighted by molar-refractivity contribution is -0.121. The van der Waals surface area contributed by atoms with E-state index in [4.69, 9.17) is 4.74 Å². The normalized spacial score (nSPS) is 10.2. The molecule has 0 spiro atoms. The second-order valence-corrected chi connectivity index (χ2v) is 5.20. The first-order valence-corrected chi connectivity index (χ1v) is 7.83. The quantitative estimate of drug-likeness (QED) is 0.718. The Hall–Kier alpha value is -2.29. The van der Waals surface area contributed by atoms with E-state index in [-0.39, 0.29) is 5.91 Å². The molecule has 0 saturated carbocycles. The van der Waals surface area contributed by atoms with E-state index >= 15 is 0 Å². The molecule has 116 valence electrons. The SMILES string of the molecule is O=C(CCCOc1ccccc1)NCCCc1ccccc1. The first kappa shape index (κ1) is 16.1. The molecule has 0 aliphatic carbocycles. The lowest BCUT2D eigenvalue weighted by atomic mass is 10.1. The highest BCUT2D eigenvalue weighted by Gasteiger charge is 2.01. The van der Waals surface area contributed by atoms with Gasteiger partial charge in [0.25, 0.3) is 0 Å². The maximum atomic E-state index is 11.7. The highest BCUT2D eigenvalue weighted by Crippen LogP contribution is 2.08. The summed E-state index contributed by atoms with van der Waals surface area (Å²) in [5.74, 6) is 0.954. The number of ether oxygens (including phenoxy) is 1. The third kappa shape index (κ3) is 6.44. The monoisotopic (exact) mass is 297 g/mol. The van der Waals surface area contributed by atoms with Crippen LogP contribution in [-0.4, -0.2) is 19.1 Å². The van der Waals surface area contributed by atoms with Gasteiger partial charge in [-0.15, -0.1) is 0 Å². The minimum absolute atomic E-state index is 0.102. The molecule has 1 N–H and O–H groups in total. The summed E-state index contributed by atoms with van der Waals surface area (Å²) in [5, 5.41) is 2.96. The molecule has 0 aliphatic rings. The van der Waals surface area contributed by atoms with Crippen LogP contribution in [0.4, 0.5) is 0 Å². The smallest absolute Gasteiger partial charge is 0.220 e. The maximum Gasteiger partial charge on any atom is 0.220 e. The summed E-state index contributed by atoms with van der Waals surface area (Å²) >= 11 is 0. The molecular formula is C19H23NO2. The van der Waals surface area contributed by atoms with Crippen molar-refractivity contribution in [3.05, 3.63) is 66.2 Å². The third-order valence-corrected chi connectivity index (χ3v) is 3.37. The van der Waals surface area contributed by atoms with Crippen molar-refractivity contribution < 1.29 is 9.53 Å². The molecule has 2 rings (SSSR count). The van der Waals surface area contributed by atoms with Crippen molar-refractivity contribution in [1.29, 1.82) is 0 Å². The molecule has 22 heavy (non-hydrogen) atoms. The number of amides is 1. The fourth-order valence-corrected chi connectivity index (χ4v) is 2.19. The van der Waals surface area contributed by atoms with Gasteiger partial charge in [0.2, 0.25) is 5.91 Å². The summed E-state index contributed by atoms with van der Waals surface area (Å²) in [6.45, 7) is 1.30. The minimum atomic E-state index is 0.102. The molecule has 3 nitrogen and oxygen atoms in total. The van der Waals surface area contributed by atoms with Crippen LogP contribution in [0.1, 0.15) is 24.8 Å². The Morgan fingerprint density at radius 3 is 2.32 bits per heavy atom. The summed E-state index contributed by atoms with van der Waals surface area (Å²) in [6, 6.07) is 20.0.